The number of carbonyl (C=O) groups is 6. The number of carbonyl (C=O) groups excluding carboxylic acids is 2. The number of benzene rings is 4. The molecule has 27 heteroatoms. The number of carboxylic acids is 4. The molecular formula is C44H53ClN6O18S2. The van der Waals surface area contributed by atoms with Crippen molar-refractivity contribution < 1.29 is 85.0 Å². The Morgan fingerprint density at radius 3 is 1.46 bits per heavy atom. The van der Waals surface area contributed by atoms with Crippen molar-refractivity contribution in [3.8, 4) is 11.5 Å². The Morgan fingerprint density at radius 1 is 0.620 bits per heavy atom. The van der Waals surface area contributed by atoms with E-state index in [9.17, 15) is 60.9 Å². The van der Waals surface area contributed by atoms with Crippen LogP contribution >= 0.6 is 12.4 Å². The lowest BCUT2D eigenvalue weighted by Gasteiger charge is -2.41. The fourth-order valence-electron chi connectivity index (χ4n) is 6.49. The van der Waals surface area contributed by atoms with Crippen molar-refractivity contribution in [1.29, 1.82) is 0 Å². The minimum absolute atomic E-state index is 0. The fourth-order valence-corrected chi connectivity index (χ4v) is 10.2. The van der Waals surface area contributed by atoms with Crippen LogP contribution in [0.3, 0.4) is 0 Å². The van der Waals surface area contributed by atoms with E-state index < -0.39 is 106 Å². The van der Waals surface area contributed by atoms with Crippen molar-refractivity contribution in [2.45, 2.75) is 36.8 Å². The molecule has 24 nitrogen and oxygen atoms in total. The first kappa shape index (κ1) is 58.6. The molecule has 0 amide bonds. The van der Waals surface area contributed by atoms with Gasteiger partial charge in [0.05, 0.1) is 50.4 Å². The molecule has 0 bridgehead atoms. The van der Waals surface area contributed by atoms with Gasteiger partial charge in [-0.05, 0) is 83.9 Å². The summed E-state index contributed by atoms with van der Waals surface area (Å²) in [6.45, 7) is -3.69. The predicted molar refractivity (Wildman–Crippen MR) is 255 cm³/mol. The van der Waals surface area contributed by atoms with E-state index in [2.05, 4.69) is 5.32 Å². The van der Waals surface area contributed by atoms with E-state index in [0.717, 1.165) is 14.1 Å². The predicted octanol–water partition coefficient (Wildman–Crippen LogP) is 1.96. The third-order valence-corrected chi connectivity index (χ3v) is 14.6. The van der Waals surface area contributed by atoms with Crippen LogP contribution in [0.4, 0.5) is 11.4 Å². The van der Waals surface area contributed by atoms with Gasteiger partial charge in [0.1, 0.15) is 17.5 Å². The van der Waals surface area contributed by atoms with Gasteiger partial charge in [0.15, 0.2) is 0 Å². The summed E-state index contributed by atoms with van der Waals surface area (Å²) in [4.78, 5) is 69.8. The summed E-state index contributed by atoms with van der Waals surface area (Å²) in [6.07, 6.45) is -2.50. The van der Waals surface area contributed by atoms with Gasteiger partial charge in [0.2, 0.25) is 10.0 Å². The molecule has 0 saturated carbocycles. The Balaban J connectivity index is 0.0000133. The molecule has 0 aromatic heterocycles. The zero-order chi connectivity index (χ0) is 51.8. The Bertz CT molecular complexity index is 2700. The summed E-state index contributed by atoms with van der Waals surface area (Å²) < 4.78 is 81.4. The summed E-state index contributed by atoms with van der Waals surface area (Å²) >= 11 is 0. The topological polar surface area (TPSA) is 362 Å². The molecule has 0 aliphatic heterocycles. The van der Waals surface area contributed by atoms with Gasteiger partial charge in [0, 0.05) is 51.6 Å². The number of nitrogens with one attached hydrogen (secondary N) is 1. The van der Waals surface area contributed by atoms with Crippen LogP contribution in [0.5, 0.6) is 11.5 Å². The van der Waals surface area contributed by atoms with Crippen LogP contribution in [-0.4, -0.2) is 151 Å². The SMILES string of the molecule is CN(Cc1ccc(OC(=O)c2ccc(N)cc2)cc1)S(=O)(=O)N(CCOCCOCCN[C@@H](CC(=O)O)C(=O)O)[C@](CC(=O)O)(C(=O)O)S(=O)(=O)N(C)Cc1ccc(OC(=O)c2ccc(N)cc2)cc1.Cl. The molecule has 71 heavy (non-hydrogen) atoms. The molecule has 0 aliphatic carbocycles. The highest BCUT2D eigenvalue weighted by molar-refractivity contribution is 7.93. The average molecular weight is 1050 g/mol. The fraction of sp³-hybridized carbons (Fsp3) is 0.318. The number of rotatable bonds is 29. The smallest absolute Gasteiger partial charge is 0.343 e. The number of nitrogens with zero attached hydrogens (tertiary/aromatic N) is 3. The van der Waals surface area contributed by atoms with Crippen LogP contribution in [0.15, 0.2) is 97.1 Å². The Morgan fingerprint density at radius 2 is 1.06 bits per heavy atom. The minimum atomic E-state index is -5.58. The molecule has 4 aromatic rings. The van der Waals surface area contributed by atoms with Crippen molar-refractivity contribution in [3.63, 3.8) is 0 Å². The van der Waals surface area contributed by atoms with Gasteiger partial charge < -0.3 is 56.2 Å². The van der Waals surface area contributed by atoms with E-state index in [0.29, 0.717) is 20.0 Å². The lowest BCUT2D eigenvalue weighted by Crippen LogP contribution is -2.67. The van der Waals surface area contributed by atoms with Crippen molar-refractivity contribution in [2.75, 3.05) is 65.1 Å². The van der Waals surface area contributed by atoms with Crippen molar-refractivity contribution in [3.05, 3.63) is 119 Å². The molecule has 0 aliphatic rings. The summed E-state index contributed by atoms with van der Waals surface area (Å²) in [5.74, 6) is -8.48. The maximum absolute atomic E-state index is 14.7. The maximum Gasteiger partial charge on any atom is 0.343 e. The van der Waals surface area contributed by atoms with E-state index >= 15 is 0 Å². The highest BCUT2D eigenvalue weighted by atomic mass is 35.5. The molecule has 0 fully saturated rings. The molecule has 0 spiro atoms. The van der Waals surface area contributed by atoms with Crippen LogP contribution in [0.25, 0.3) is 0 Å². The van der Waals surface area contributed by atoms with Gasteiger partial charge in [-0.15, -0.1) is 12.4 Å². The van der Waals surface area contributed by atoms with Crippen LogP contribution in [-0.2, 0) is 62.0 Å². The van der Waals surface area contributed by atoms with Gasteiger partial charge in [-0.3, -0.25) is 14.4 Å². The Labute approximate surface area is 414 Å². The lowest BCUT2D eigenvalue weighted by atomic mass is 10.2. The molecule has 2 atom stereocenters. The summed E-state index contributed by atoms with van der Waals surface area (Å²) in [5.41, 5.74) is 13.0. The second-order valence-corrected chi connectivity index (χ2v) is 19.4. The van der Waals surface area contributed by atoms with Crippen LogP contribution in [0.2, 0.25) is 0 Å². The van der Waals surface area contributed by atoms with E-state index in [1.54, 1.807) is 0 Å². The summed E-state index contributed by atoms with van der Waals surface area (Å²) in [6, 6.07) is 21.1. The summed E-state index contributed by atoms with van der Waals surface area (Å²) in [7, 11) is -8.98. The highest BCUT2D eigenvalue weighted by Gasteiger charge is 2.63. The third kappa shape index (κ3) is 16.1. The van der Waals surface area contributed by atoms with Crippen LogP contribution in [0.1, 0.15) is 44.7 Å². The number of aliphatic carboxylic acids is 4. The number of carboxylic acid groups (broad SMARTS) is 4. The standard InChI is InChI=1S/C44H52N6O18S2.ClH/c1-48(27-29-3-15-35(16-4-29)67-41(57)31-7-11-33(45)12-8-31)69(61,62)44(43(59)60,26-39(53)54)50(20-22-66-24-23-65-21-19-47-37(40(55)56)25-38(51)52)70(63,64)49(2)28-30-5-17-36(18-6-30)68-42(58)32-9-13-34(46)14-10-32;/h3-18,37,47H,19-28,45-46H2,1-2H3,(H,51,52)(H,53,54)(H,55,56)(H,59,60);1H/t37-,44-;/m0./s1. The first-order valence-electron chi connectivity index (χ1n) is 20.8. The number of nitrogens with two attached hydrogens (primary N) is 2. The molecule has 4 aromatic carbocycles. The molecule has 9 N–H and O–H groups in total. The van der Waals surface area contributed by atoms with Gasteiger partial charge in [-0.1, -0.05) is 24.3 Å². The number of anilines is 2. The van der Waals surface area contributed by atoms with Crippen molar-refractivity contribution >= 4 is 79.8 Å². The molecule has 0 heterocycles. The maximum atomic E-state index is 14.7. The van der Waals surface area contributed by atoms with Gasteiger partial charge in [0.25, 0.3) is 15.1 Å². The molecule has 4 rings (SSSR count). The number of halogens is 1. The highest BCUT2D eigenvalue weighted by Crippen LogP contribution is 2.35. The number of nitrogen functional groups attached to an aromatic ring is 2. The largest absolute Gasteiger partial charge is 0.481 e. The van der Waals surface area contributed by atoms with E-state index in [4.69, 9.17) is 35.5 Å². The molecule has 386 valence electrons. The first-order chi connectivity index (χ1) is 33.0. The zero-order valence-electron chi connectivity index (χ0n) is 38.1. The normalized spacial score (nSPS) is 12.9. The summed E-state index contributed by atoms with van der Waals surface area (Å²) in [5, 5.41) is 41.6. The van der Waals surface area contributed by atoms with Crippen LogP contribution in [0, 0.1) is 0 Å². The average Bonchev–Trinajstić information content (AvgIpc) is 3.29. The quantitative estimate of drug-likeness (QED) is 0.0177. The monoisotopic (exact) mass is 1050 g/mol. The molecule has 0 saturated heterocycles. The van der Waals surface area contributed by atoms with E-state index in [1.807, 2.05) is 0 Å². The van der Waals surface area contributed by atoms with E-state index in [1.165, 1.54) is 97.1 Å². The number of hydrogen-bond donors (Lipinski definition) is 7. The number of ether oxygens (including phenoxy) is 4. The Hall–Kier alpha value is -6.75. The number of hydrogen-bond acceptors (Lipinski definition) is 17. The molecular weight excluding hydrogens is 1000 g/mol. The molecule has 0 unspecified atom stereocenters. The zero-order valence-corrected chi connectivity index (χ0v) is 40.6. The van der Waals surface area contributed by atoms with Gasteiger partial charge in [-0.25, -0.2) is 22.8 Å². The minimum Gasteiger partial charge on any atom is -0.481 e. The second kappa shape index (κ2) is 26.5. The second-order valence-electron chi connectivity index (χ2n) is 15.2. The Kier molecular flexibility index (Phi) is 21.8. The van der Waals surface area contributed by atoms with Gasteiger partial charge >= 0.3 is 35.8 Å². The molecule has 0 radical (unpaired) electrons. The van der Waals surface area contributed by atoms with Crippen LogP contribution < -0.4 is 26.3 Å². The number of esters is 2. The van der Waals surface area contributed by atoms with Gasteiger partial charge in [-0.2, -0.15) is 21.3 Å². The number of sulfonamides is 1. The lowest BCUT2D eigenvalue weighted by molar-refractivity contribution is -0.150. The van der Waals surface area contributed by atoms with Crippen molar-refractivity contribution in [2.24, 2.45) is 0 Å². The third-order valence-electron chi connectivity index (χ3n) is 10.1. The first-order valence-corrected chi connectivity index (χ1v) is 23.6. The van der Waals surface area contributed by atoms with E-state index in [-0.39, 0.29) is 76.8 Å². The van der Waals surface area contributed by atoms with Crippen molar-refractivity contribution in [1.82, 2.24) is 18.2 Å².